The average Bonchev–Trinajstić information content (AvgIpc) is 2.67. The molecule has 2 aliphatic rings. The van der Waals surface area contributed by atoms with Crippen molar-refractivity contribution in [2.24, 2.45) is 0 Å². The number of anilines is 1. The van der Waals surface area contributed by atoms with E-state index >= 15 is 0 Å². The zero-order chi connectivity index (χ0) is 18.4. The van der Waals surface area contributed by atoms with Crippen molar-refractivity contribution >= 4 is 11.8 Å². The van der Waals surface area contributed by atoms with Crippen LogP contribution in [0.2, 0.25) is 0 Å². The van der Waals surface area contributed by atoms with E-state index < -0.39 is 5.97 Å². The Bertz CT molecular complexity index is 599. The van der Waals surface area contributed by atoms with Gasteiger partial charge in [-0.2, -0.15) is 0 Å². The van der Waals surface area contributed by atoms with Crippen molar-refractivity contribution in [3.63, 3.8) is 0 Å². The van der Waals surface area contributed by atoms with Crippen molar-refractivity contribution < 1.29 is 9.90 Å². The molecule has 26 heavy (non-hydrogen) atoms. The molecule has 6 heteroatoms. The number of aromatic nitrogens is 1. The van der Waals surface area contributed by atoms with Crippen molar-refractivity contribution in [1.29, 1.82) is 0 Å². The summed E-state index contributed by atoms with van der Waals surface area (Å²) in [7, 11) is 0. The van der Waals surface area contributed by atoms with Gasteiger partial charge in [0.25, 0.3) is 0 Å². The topological polar surface area (TPSA) is 68.7 Å². The second-order valence-electron chi connectivity index (χ2n) is 7.54. The van der Waals surface area contributed by atoms with Gasteiger partial charge in [-0.05, 0) is 57.2 Å². The Balaban J connectivity index is 1.30. The summed E-state index contributed by atoms with van der Waals surface area (Å²) in [6, 6.07) is 4.06. The lowest BCUT2D eigenvalue weighted by Crippen LogP contribution is -2.51. The van der Waals surface area contributed by atoms with Crippen LogP contribution >= 0.6 is 0 Å². The first kappa shape index (κ1) is 19.1. The number of nitrogens with zero attached hydrogens (tertiary/aromatic N) is 3. The number of fused-ring (bicyclic) bond motifs is 1. The third-order valence-corrected chi connectivity index (χ3v) is 5.67. The number of carboxylic acid groups (broad SMARTS) is 1. The number of hydrogen-bond donors (Lipinski definition) is 2. The van der Waals surface area contributed by atoms with Crippen LogP contribution in [0, 0.1) is 0 Å². The summed E-state index contributed by atoms with van der Waals surface area (Å²) < 4.78 is 0. The van der Waals surface area contributed by atoms with Crippen molar-refractivity contribution in [3.8, 4) is 0 Å². The maximum absolute atomic E-state index is 11.1. The lowest BCUT2D eigenvalue weighted by atomic mass is 10.1. The number of pyridine rings is 1. The highest BCUT2D eigenvalue weighted by atomic mass is 16.4. The largest absolute Gasteiger partial charge is 0.480 e. The van der Waals surface area contributed by atoms with Crippen LogP contribution in [0.3, 0.4) is 0 Å². The Labute approximate surface area is 156 Å². The van der Waals surface area contributed by atoms with E-state index in [9.17, 15) is 4.79 Å². The van der Waals surface area contributed by atoms with E-state index in [0.717, 1.165) is 57.9 Å². The first-order valence-electron chi connectivity index (χ1n) is 10.1. The quantitative estimate of drug-likeness (QED) is 0.693. The molecule has 1 aromatic heterocycles. The summed E-state index contributed by atoms with van der Waals surface area (Å²) in [6.45, 7) is 7.63. The van der Waals surface area contributed by atoms with E-state index in [1.165, 1.54) is 36.9 Å². The molecule has 0 radical (unpaired) electrons. The lowest BCUT2D eigenvalue weighted by Gasteiger charge is -2.36. The fourth-order valence-corrected chi connectivity index (χ4v) is 3.86. The van der Waals surface area contributed by atoms with Gasteiger partial charge in [-0.15, -0.1) is 0 Å². The molecule has 0 amide bonds. The molecule has 3 rings (SSSR count). The van der Waals surface area contributed by atoms with Crippen LogP contribution in [0.1, 0.15) is 43.9 Å². The molecule has 0 unspecified atom stereocenters. The van der Waals surface area contributed by atoms with Gasteiger partial charge in [0.1, 0.15) is 11.9 Å². The van der Waals surface area contributed by atoms with Crippen LogP contribution < -0.4 is 5.32 Å². The Morgan fingerprint density at radius 2 is 2.04 bits per heavy atom. The number of aliphatic carboxylic acids is 1. The van der Waals surface area contributed by atoms with Crippen LogP contribution in [0.15, 0.2) is 12.1 Å². The summed E-state index contributed by atoms with van der Waals surface area (Å²) in [5.74, 6) is 0.381. The summed E-state index contributed by atoms with van der Waals surface area (Å²) in [6.07, 6.45) is 7.02. The maximum atomic E-state index is 11.1. The van der Waals surface area contributed by atoms with Gasteiger partial charge in [0.05, 0.1) is 0 Å². The molecule has 0 aromatic carbocycles. The average molecular weight is 361 g/mol. The van der Waals surface area contributed by atoms with E-state index in [4.69, 9.17) is 10.1 Å². The van der Waals surface area contributed by atoms with Gasteiger partial charge in [0.15, 0.2) is 0 Å². The van der Waals surface area contributed by atoms with Gasteiger partial charge in [-0.25, -0.2) is 4.98 Å². The highest BCUT2D eigenvalue weighted by Crippen LogP contribution is 2.20. The highest BCUT2D eigenvalue weighted by molar-refractivity contribution is 5.72. The first-order valence-corrected chi connectivity index (χ1v) is 10.1. The Kier molecular flexibility index (Phi) is 6.86. The SMILES string of the molecule is C[C@@H](C(=O)O)N1CCN(CCCCCc2ccc3c(n2)NCCC3)CC1. The molecule has 0 spiro atoms. The van der Waals surface area contributed by atoms with Crippen molar-refractivity contribution in [3.05, 3.63) is 23.4 Å². The molecule has 0 bridgehead atoms. The molecule has 2 N–H and O–H groups in total. The predicted molar refractivity (Wildman–Crippen MR) is 104 cm³/mol. The molecular formula is C20H32N4O2. The summed E-state index contributed by atoms with van der Waals surface area (Å²) >= 11 is 0. The number of nitrogens with one attached hydrogen (secondary N) is 1. The van der Waals surface area contributed by atoms with Crippen molar-refractivity contribution in [1.82, 2.24) is 14.8 Å². The zero-order valence-corrected chi connectivity index (χ0v) is 15.9. The highest BCUT2D eigenvalue weighted by Gasteiger charge is 2.24. The van der Waals surface area contributed by atoms with Crippen LogP contribution in [-0.4, -0.2) is 71.2 Å². The van der Waals surface area contributed by atoms with Gasteiger partial charge in [-0.1, -0.05) is 12.5 Å². The first-order chi connectivity index (χ1) is 12.6. The van der Waals surface area contributed by atoms with E-state index in [0.29, 0.717) is 0 Å². The number of hydrogen-bond acceptors (Lipinski definition) is 5. The van der Waals surface area contributed by atoms with E-state index in [1.807, 2.05) is 0 Å². The summed E-state index contributed by atoms with van der Waals surface area (Å²) in [5.41, 5.74) is 2.56. The normalized spacial score (nSPS) is 19.6. The third-order valence-electron chi connectivity index (χ3n) is 5.67. The molecule has 2 aliphatic heterocycles. The van der Waals surface area contributed by atoms with Crippen molar-refractivity contribution in [2.75, 3.05) is 44.6 Å². The Hall–Kier alpha value is -1.66. The zero-order valence-electron chi connectivity index (χ0n) is 15.9. The van der Waals surface area contributed by atoms with Gasteiger partial charge in [0, 0.05) is 38.4 Å². The molecule has 1 aromatic rings. The number of rotatable bonds is 8. The molecule has 1 fully saturated rings. The minimum atomic E-state index is -0.718. The Morgan fingerprint density at radius 3 is 2.81 bits per heavy atom. The van der Waals surface area contributed by atoms with Gasteiger partial charge in [0.2, 0.25) is 0 Å². The number of carboxylic acids is 1. The number of aryl methyl sites for hydroxylation is 2. The molecule has 6 nitrogen and oxygen atoms in total. The monoisotopic (exact) mass is 360 g/mol. The standard InChI is InChI=1S/C20H32N4O2/c1-16(20(25)26)24-14-12-23(13-15-24)11-4-2-3-7-18-9-8-17-6-5-10-21-19(17)22-18/h8-9,16H,2-7,10-15H2,1H3,(H,21,22)(H,25,26)/t16-/m0/s1. The molecule has 144 valence electrons. The predicted octanol–water partition coefficient (Wildman–Crippen LogP) is 2.24. The van der Waals surface area contributed by atoms with E-state index in [2.05, 4.69) is 27.2 Å². The maximum Gasteiger partial charge on any atom is 0.320 e. The molecule has 3 heterocycles. The fraction of sp³-hybridized carbons (Fsp3) is 0.700. The van der Waals surface area contributed by atoms with Crippen LogP contribution in [0.25, 0.3) is 0 Å². The van der Waals surface area contributed by atoms with Crippen molar-refractivity contribution in [2.45, 2.75) is 51.5 Å². The van der Waals surface area contributed by atoms with Crippen LogP contribution in [-0.2, 0) is 17.6 Å². The smallest absolute Gasteiger partial charge is 0.320 e. The molecular weight excluding hydrogens is 328 g/mol. The third kappa shape index (κ3) is 5.17. The number of piperazine rings is 1. The molecule has 1 saturated heterocycles. The van der Waals surface area contributed by atoms with E-state index in [-0.39, 0.29) is 6.04 Å². The minimum Gasteiger partial charge on any atom is -0.480 e. The number of unbranched alkanes of at least 4 members (excludes halogenated alkanes) is 2. The van der Waals surface area contributed by atoms with E-state index in [1.54, 1.807) is 6.92 Å². The Morgan fingerprint density at radius 1 is 1.23 bits per heavy atom. The van der Waals surface area contributed by atoms with Crippen LogP contribution in [0.4, 0.5) is 5.82 Å². The van der Waals surface area contributed by atoms with Gasteiger partial charge < -0.3 is 15.3 Å². The fourth-order valence-electron chi connectivity index (χ4n) is 3.86. The summed E-state index contributed by atoms with van der Waals surface area (Å²) in [4.78, 5) is 20.3. The molecule has 0 saturated carbocycles. The van der Waals surface area contributed by atoms with Gasteiger partial charge in [-0.3, -0.25) is 9.69 Å². The van der Waals surface area contributed by atoms with Gasteiger partial charge >= 0.3 is 5.97 Å². The molecule has 0 aliphatic carbocycles. The summed E-state index contributed by atoms with van der Waals surface area (Å²) in [5, 5.41) is 12.5. The minimum absolute atomic E-state index is 0.365. The number of carbonyl (C=O) groups is 1. The molecule has 1 atom stereocenters. The second kappa shape index (κ2) is 9.33. The van der Waals surface area contributed by atoms with Crippen LogP contribution in [0.5, 0.6) is 0 Å². The second-order valence-corrected chi connectivity index (χ2v) is 7.54. The lowest BCUT2D eigenvalue weighted by molar-refractivity contribution is -0.143.